The van der Waals surface area contributed by atoms with E-state index in [9.17, 15) is 8.42 Å². The predicted molar refractivity (Wildman–Crippen MR) is 74.9 cm³/mol. The van der Waals surface area contributed by atoms with E-state index < -0.39 is 16.5 Å². The van der Waals surface area contributed by atoms with Crippen LogP contribution in [0, 0.1) is 0 Å². The van der Waals surface area contributed by atoms with Crippen LogP contribution in [0.5, 0.6) is 0 Å². The molecule has 8 nitrogen and oxygen atoms in total. The molecule has 0 aromatic heterocycles. The lowest BCUT2D eigenvalue weighted by molar-refractivity contribution is 0.0650. The van der Waals surface area contributed by atoms with Crippen LogP contribution in [0.15, 0.2) is 0 Å². The maximum absolute atomic E-state index is 9.78. The molecule has 0 saturated heterocycles. The molecule has 0 aliphatic carbocycles. The van der Waals surface area contributed by atoms with E-state index in [0.717, 1.165) is 13.2 Å². The van der Waals surface area contributed by atoms with Gasteiger partial charge in [0.05, 0.1) is 32.5 Å². The van der Waals surface area contributed by atoms with Gasteiger partial charge in [-0.1, -0.05) is 0 Å². The first kappa shape index (κ1) is 24.7. The predicted octanol–water partition coefficient (Wildman–Crippen LogP) is 0.245. The van der Waals surface area contributed by atoms with Gasteiger partial charge >= 0.3 is 10.4 Å². The quantitative estimate of drug-likeness (QED) is 0.429. The molecule has 0 fully saturated rings. The molecule has 0 rings (SSSR count). The zero-order valence-corrected chi connectivity index (χ0v) is 13.4. The zero-order chi connectivity index (χ0) is 16.4. The molecule has 0 atom stereocenters. The van der Waals surface area contributed by atoms with E-state index in [1.54, 1.807) is 0 Å². The van der Waals surface area contributed by atoms with Crippen molar-refractivity contribution < 1.29 is 36.8 Å². The number of rotatable bonds is 8. The smallest absolute Gasteiger partial charge is 0.394 e. The summed E-state index contributed by atoms with van der Waals surface area (Å²) in [7, 11) is -4.22. The molecule has 0 heterocycles. The third-order valence-corrected chi connectivity index (χ3v) is 1.82. The highest BCUT2D eigenvalue weighted by molar-refractivity contribution is 7.80. The number of ether oxygens (including phenoxy) is 2. The van der Waals surface area contributed by atoms with E-state index in [1.807, 2.05) is 13.8 Å². The number of aliphatic hydroxyl groups excluding tert-OH is 2. The molecule has 0 aliphatic rings. The van der Waals surface area contributed by atoms with Crippen molar-refractivity contribution in [1.29, 1.82) is 0 Å². The van der Waals surface area contributed by atoms with Gasteiger partial charge in [-0.3, -0.25) is 4.55 Å². The van der Waals surface area contributed by atoms with Crippen molar-refractivity contribution in [2.75, 3.05) is 39.6 Å². The first-order valence-electron chi connectivity index (χ1n) is 6.27. The Labute approximate surface area is 121 Å². The number of hydrogen-bond donors (Lipinski definition) is 3. The normalized spacial score (nSPS) is 10.4. The van der Waals surface area contributed by atoms with Crippen molar-refractivity contribution in [3.8, 4) is 0 Å². The zero-order valence-electron chi connectivity index (χ0n) is 12.6. The van der Waals surface area contributed by atoms with Crippen LogP contribution in [0.1, 0.15) is 27.7 Å². The highest BCUT2D eigenvalue weighted by Gasteiger charge is 2.05. The Morgan fingerprint density at radius 2 is 1.35 bits per heavy atom. The van der Waals surface area contributed by atoms with Crippen LogP contribution in [0.2, 0.25) is 0 Å². The number of aliphatic hydroxyl groups is 2. The molecule has 0 amide bonds. The molecule has 0 aromatic carbocycles. The van der Waals surface area contributed by atoms with Gasteiger partial charge in [0.1, 0.15) is 0 Å². The first-order chi connectivity index (χ1) is 9.24. The van der Waals surface area contributed by atoms with Crippen LogP contribution in [-0.4, -0.2) is 68.9 Å². The Hall–Kier alpha value is -0.290. The standard InChI is InChI=1S/C4H10O3.C4H10O.C3H8O4S/c5-1-3-7-4-2-6;1-3-5-4-2;1-3(2)7-8(4,5)6/h5-6H,1-4H2;3-4H2,1-2H3;3H,1-2H3,(H,4,5,6). The molecule has 126 valence electrons. The monoisotopic (exact) mass is 320 g/mol. The van der Waals surface area contributed by atoms with Gasteiger partial charge in [0.15, 0.2) is 0 Å². The second-order valence-corrected chi connectivity index (χ2v) is 4.46. The van der Waals surface area contributed by atoms with Gasteiger partial charge in [-0.2, -0.15) is 8.42 Å². The van der Waals surface area contributed by atoms with Gasteiger partial charge in [-0.05, 0) is 27.7 Å². The fourth-order valence-electron chi connectivity index (χ4n) is 0.678. The highest BCUT2D eigenvalue weighted by atomic mass is 32.3. The van der Waals surface area contributed by atoms with Gasteiger partial charge < -0.3 is 19.7 Å². The van der Waals surface area contributed by atoms with E-state index >= 15 is 0 Å². The lowest BCUT2D eigenvalue weighted by atomic mass is 10.5. The molecule has 0 spiro atoms. The molecular weight excluding hydrogens is 292 g/mol. The van der Waals surface area contributed by atoms with Crippen LogP contribution < -0.4 is 0 Å². The molecule has 0 unspecified atom stereocenters. The summed E-state index contributed by atoms with van der Waals surface area (Å²) in [4.78, 5) is 0. The second-order valence-electron chi connectivity index (χ2n) is 3.41. The third-order valence-electron chi connectivity index (χ3n) is 1.19. The van der Waals surface area contributed by atoms with E-state index in [0.29, 0.717) is 13.2 Å². The van der Waals surface area contributed by atoms with Gasteiger partial charge in [-0.15, -0.1) is 0 Å². The molecular formula is C11H28O8S. The number of hydrogen-bond acceptors (Lipinski definition) is 7. The summed E-state index contributed by atoms with van der Waals surface area (Å²) in [5.74, 6) is 0. The molecule has 9 heteroatoms. The Morgan fingerprint density at radius 1 is 0.950 bits per heavy atom. The molecule has 0 bridgehead atoms. The van der Waals surface area contributed by atoms with E-state index in [1.165, 1.54) is 13.8 Å². The first-order valence-corrected chi connectivity index (χ1v) is 7.64. The Bertz CT molecular complexity index is 247. The van der Waals surface area contributed by atoms with Crippen LogP contribution >= 0.6 is 0 Å². The van der Waals surface area contributed by atoms with Gasteiger partial charge in [0.25, 0.3) is 0 Å². The second kappa shape index (κ2) is 18.7. The topological polar surface area (TPSA) is 123 Å². The van der Waals surface area contributed by atoms with Crippen molar-refractivity contribution >= 4 is 10.4 Å². The lowest BCUT2D eigenvalue weighted by Gasteiger charge is -1.99. The molecule has 0 aliphatic heterocycles. The summed E-state index contributed by atoms with van der Waals surface area (Å²) in [6.07, 6.45) is -0.495. The molecule has 0 aromatic rings. The third kappa shape index (κ3) is 43.1. The minimum atomic E-state index is -4.22. The van der Waals surface area contributed by atoms with Gasteiger partial charge in [0.2, 0.25) is 0 Å². The van der Waals surface area contributed by atoms with Crippen LogP contribution in [0.4, 0.5) is 0 Å². The fraction of sp³-hybridized carbons (Fsp3) is 1.00. The average Bonchev–Trinajstić information content (AvgIpc) is 2.29. The molecule has 20 heavy (non-hydrogen) atoms. The minimum Gasteiger partial charge on any atom is -0.394 e. The summed E-state index contributed by atoms with van der Waals surface area (Å²) in [6, 6.07) is 0. The van der Waals surface area contributed by atoms with E-state index in [4.69, 9.17) is 19.5 Å². The highest BCUT2D eigenvalue weighted by Crippen LogP contribution is 1.92. The minimum absolute atomic E-state index is 0.0278. The van der Waals surface area contributed by atoms with Crippen molar-refractivity contribution in [1.82, 2.24) is 0 Å². The van der Waals surface area contributed by atoms with Gasteiger partial charge in [0, 0.05) is 13.2 Å². The fourth-order valence-corrected chi connectivity index (χ4v) is 1.16. The average molecular weight is 320 g/mol. The summed E-state index contributed by atoms with van der Waals surface area (Å²) in [5.41, 5.74) is 0. The maximum atomic E-state index is 9.78. The molecule has 0 radical (unpaired) electrons. The molecule has 3 N–H and O–H groups in total. The van der Waals surface area contributed by atoms with Crippen molar-refractivity contribution in [3.05, 3.63) is 0 Å². The van der Waals surface area contributed by atoms with E-state index in [2.05, 4.69) is 8.92 Å². The Balaban J connectivity index is -0.000000223. The summed E-state index contributed by atoms with van der Waals surface area (Å²) >= 11 is 0. The summed E-state index contributed by atoms with van der Waals surface area (Å²) in [5, 5.41) is 16.2. The maximum Gasteiger partial charge on any atom is 0.397 e. The largest absolute Gasteiger partial charge is 0.397 e. The van der Waals surface area contributed by atoms with Crippen molar-refractivity contribution in [3.63, 3.8) is 0 Å². The SMILES string of the molecule is CC(C)OS(=O)(=O)O.CCOCC.OCCOCCO. The summed E-state index contributed by atoms with van der Waals surface area (Å²) in [6.45, 7) is 9.38. The molecule has 0 saturated carbocycles. The van der Waals surface area contributed by atoms with Gasteiger partial charge in [-0.25, -0.2) is 4.18 Å². The van der Waals surface area contributed by atoms with Crippen LogP contribution in [0.25, 0.3) is 0 Å². The van der Waals surface area contributed by atoms with E-state index in [-0.39, 0.29) is 13.2 Å². The van der Waals surface area contributed by atoms with Crippen molar-refractivity contribution in [2.24, 2.45) is 0 Å². The summed E-state index contributed by atoms with van der Waals surface area (Å²) < 4.78 is 40.9. The van der Waals surface area contributed by atoms with Crippen molar-refractivity contribution in [2.45, 2.75) is 33.8 Å². The Morgan fingerprint density at radius 3 is 1.45 bits per heavy atom. The van der Waals surface area contributed by atoms with Crippen LogP contribution in [-0.2, 0) is 24.1 Å². The van der Waals surface area contributed by atoms with Crippen LogP contribution in [0.3, 0.4) is 0 Å². The lowest BCUT2D eigenvalue weighted by Crippen LogP contribution is -2.10. The Kier molecular flexibility index (Phi) is 23.1.